The number of nitrogens with zero attached hydrogens (tertiary/aromatic N) is 1. The number of hydrogen-bond donors (Lipinski definition) is 1. The molecular formula is C16H32N2. The third-order valence-electron chi connectivity index (χ3n) is 4.74. The van der Waals surface area contributed by atoms with E-state index in [2.05, 4.69) is 24.1 Å². The second-order valence-corrected chi connectivity index (χ2v) is 6.53. The molecule has 2 rings (SSSR count). The van der Waals surface area contributed by atoms with Crippen molar-refractivity contribution in [1.82, 2.24) is 10.2 Å². The van der Waals surface area contributed by atoms with Crippen LogP contribution < -0.4 is 5.32 Å². The summed E-state index contributed by atoms with van der Waals surface area (Å²) in [7, 11) is 0. The van der Waals surface area contributed by atoms with Crippen molar-refractivity contribution in [3.63, 3.8) is 0 Å². The Kier molecular flexibility index (Phi) is 5.97. The van der Waals surface area contributed by atoms with Crippen molar-refractivity contribution in [2.75, 3.05) is 26.2 Å². The van der Waals surface area contributed by atoms with Crippen LogP contribution in [-0.2, 0) is 0 Å². The number of nitrogens with one attached hydrogen (secondary N) is 1. The molecule has 1 heterocycles. The predicted octanol–water partition coefficient (Wildman–Crippen LogP) is 3.28. The number of rotatable bonds is 8. The molecule has 0 spiro atoms. The molecule has 0 amide bonds. The molecule has 1 aliphatic heterocycles. The van der Waals surface area contributed by atoms with Gasteiger partial charge in [0.05, 0.1) is 0 Å². The largest absolute Gasteiger partial charge is 0.314 e. The van der Waals surface area contributed by atoms with Crippen LogP contribution in [-0.4, -0.2) is 37.1 Å². The average molecular weight is 252 g/mol. The van der Waals surface area contributed by atoms with Gasteiger partial charge in [-0.15, -0.1) is 0 Å². The lowest BCUT2D eigenvalue weighted by atomic mass is 9.91. The lowest BCUT2D eigenvalue weighted by Crippen LogP contribution is -2.44. The zero-order valence-corrected chi connectivity index (χ0v) is 12.5. The van der Waals surface area contributed by atoms with Gasteiger partial charge in [0, 0.05) is 12.6 Å². The van der Waals surface area contributed by atoms with E-state index in [9.17, 15) is 0 Å². The van der Waals surface area contributed by atoms with Crippen LogP contribution in [0.4, 0.5) is 0 Å². The van der Waals surface area contributed by atoms with Crippen LogP contribution in [0.15, 0.2) is 0 Å². The standard InChI is InChI=1S/C16H32N2/c1-3-11-18-12-5-7-16(13-18)14(2)17-10-4-6-15-8-9-15/h14-17H,3-13H2,1-2H3. The molecule has 1 saturated carbocycles. The molecule has 1 aliphatic carbocycles. The lowest BCUT2D eigenvalue weighted by Gasteiger charge is -2.36. The Balaban J connectivity index is 1.59. The highest BCUT2D eigenvalue weighted by Gasteiger charge is 2.24. The van der Waals surface area contributed by atoms with Crippen molar-refractivity contribution in [2.24, 2.45) is 11.8 Å². The van der Waals surface area contributed by atoms with Crippen LogP contribution >= 0.6 is 0 Å². The molecule has 2 unspecified atom stereocenters. The fourth-order valence-electron chi connectivity index (χ4n) is 3.31. The molecule has 18 heavy (non-hydrogen) atoms. The number of hydrogen-bond acceptors (Lipinski definition) is 2. The summed E-state index contributed by atoms with van der Waals surface area (Å²) in [5.41, 5.74) is 0. The van der Waals surface area contributed by atoms with Crippen LogP contribution in [0.5, 0.6) is 0 Å². The summed E-state index contributed by atoms with van der Waals surface area (Å²) < 4.78 is 0. The average Bonchev–Trinajstić information content (AvgIpc) is 3.19. The van der Waals surface area contributed by atoms with Crippen LogP contribution in [0.1, 0.15) is 58.8 Å². The summed E-state index contributed by atoms with van der Waals surface area (Å²) >= 11 is 0. The highest BCUT2D eigenvalue weighted by molar-refractivity contribution is 4.80. The Morgan fingerprint density at radius 3 is 2.83 bits per heavy atom. The van der Waals surface area contributed by atoms with E-state index in [0.29, 0.717) is 6.04 Å². The van der Waals surface area contributed by atoms with Gasteiger partial charge in [0.15, 0.2) is 0 Å². The molecule has 1 N–H and O–H groups in total. The Labute approximate surface area is 114 Å². The molecule has 0 aromatic rings. The summed E-state index contributed by atoms with van der Waals surface area (Å²) in [6, 6.07) is 0.712. The molecule has 106 valence electrons. The van der Waals surface area contributed by atoms with Crippen molar-refractivity contribution in [3.8, 4) is 0 Å². The van der Waals surface area contributed by atoms with Gasteiger partial charge in [0.1, 0.15) is 0 Å². The highest BCUT2D eigenvalue weighted by Crippen LogP contribution is 2.33. The smallest absolute Gasteiger partial charge is 0.00792 e. The minimum atomic E-state index is 0.712. The van der Waals surface area contributed by atoms with E-state index in [-0.39, 0.29) is 0 Å². The first kappa shape index (κ1) is 14.3. The van der Waals surface area contributed by atoms with E-state index in [0.717, 1.165) is 11.8 Å². The third-order valence-corrected chi connectivity index (χ3v) is 4.74. The highest BCUT2D eigenvalue weighted by atomic mass is 15.1. The zero-order chi connectivity index (χ0) is 12.8. The molecule has 2 nitrogen and oxygen atoms in total. The molecule has 2 atom stereocenters. The summed E-state index contributed by atoms with van der Waals surface area (Å²) in [5.74, 6) is 1.98. The van der Waals surface area contributed by atoms with Crippen molar-refractivity contribution in [1.29, 1.82) is 0 Å². The molecule has 0 aromatic heterocycles. The van der Waals surface area contributed by atoms with E-state index in [1.54, 1.807) is 0 Å². The Bertz CT molecular complexity index is 223. The minimum absolute atomic E-state index is 0.712. The van der Waals surface area contributed by atoms with Crippen molar-refractivity contribution in [2.45, 2.75) is 64.8 Å². The quantitative estimate of drug-likeness (QED) is 0.667. The van der Waals surface area contributed by atoms with Gasteiger partial charge in [-0.3, -0.25) is 0 Å². The topological polar surface area (TPSA) is 15.3 Å². The van der Waals surface area contributed by atoms with Crippen LogP contribution in [0.3, 0.4) is 0 Å². The van der Waals surface area contributed by atoms with Gasteiger partial charge in [-0.25, -0.2) is 0 Å². The molecule has 0 aromatic carbocycles. The van der Waals surface area contributed by atoms with Gasteiger partial charge in [0.2, 0.25) is 0 Å². The minimum Gasteiger partial charge on any atom is -0.314 e. The van der Waals surface area contributed by atoms with E-state index in [4.69, 9.17) is 0 Å². The molecular weight excluding hydrogens is 220 g/mol. The third kappa shape index (κ3) is 4.89. The Morgan fingerprint density at radius 2 is 2.11 bits per heavy atom. The maximum atomic E-state index is 3.77. The van der Waals surface area contributed by atoms with Crippen molar-refractivity contribution in [3.05, 3.63) is 0 Å². The SMILES string of the molecule is CCCN1CCCC(C(C)NCCCC2CC2)C1. The van der Waals surface area contributed by atoms with Gasteiger partial charge in [-0.05, 0) is 70.5 Å². The van der Waals surface area contributed by atoms with Crippen molar-refractivity contribution >= 4 is 0 Å². The van der Waals surface area contributed by atoms with Gasteiger partial charge >= 0.3 is 0 Å². The van der Waals surface area contributed by atoms with E-state index in [1.165, 1.54) is 71.1 Å². The van der Waals surface area contributed by atoms with E-state index in [1.807, 2.05) is 0 Å². The van der Waals surface area contributed by atoms with Crippen LogP contribution in [0, 0.1) is 11.8 Å². The molecule has 2 aliphatic rings. The van der Waals surface area contributed by atoms with Crippen LogP contribution in [0.2, 0.25) is 0 Å². The summed E-state index contributed by atoms with van der Waals surface area (Å²) in [6.07, 6.45) is 9.99. The molecule has 2 heteroatoms. The van der Waals surface area contributed by atoms with Gasteiger partial charge in [-0.2, -0.15) is 0 Å². The summed E-state index contributed by atoms with van der Waals surface area (Å²) in [6.45, 7) is 9.89. The van der Waals surface area contributed by atoms with E-state index >= 15 is 0 Å². The second kappa shape index (κ2) is 7.49. The monoisotopic (exact) mass is 252 g/mol. The number of piperidine rings is 1. The van der Waals surface area contributed by atoms with Crippen LogP contribution in [0.25, 0.3) is 0 Å². The first-order valence-electron chi connectivity index (χ1n) is 8.25. The summed E-state index contributed by atoms with van der Waals surface area (Å²) in [5, 5.41) is 3.77. The predicted molar refractivity (Wildman–Crippen MR) is 78.9 cm³/mol. The molecule has 0 bridgehead atoms. The maximum Gasteiger partial charge on any atom is 0.00792 e. The van der Waals surface area contributed by atoms with Gasteiger partial charge in [0.25, 0.3) is 0 Å². The van der Waals surface area contributed by atoms with Crippen molar-refractivity contribution < 1.29 is 0 Å². The molecule has 2 fully saturated rings. The number of likely N-dealkylation sites (tertiary alicyclic amines) is 1. The Hall–Kier alpha value is -0.0800. The molecule has 1 saturated heterocycles. The fourth-order valence-corrected chi connectivity index (χ4v) is 3.31. The first-order chi connectivity index (χ1) is 8.79. The maximum absolute atomic E-state index is 3.77. The Morgan fingerprint density at radius 1 is 1.28 bits per heavy atom. The van der Waals surface area contributed by atoms with Gasteiger partial charge in [-0.1, -0.05) is 19.8 Å². The fraction of sp³-hybridized carbons (Fsp3) is 1.00. The zero-order valence-electron chi connectivity index (χ0n) is 12.5. The molecule has 0 radical (unpaired) electrons. The normalized spacial score (nSPS) is 27.3. The summed E-state index contributed by atoms with van der Waals surface area (Å²) in [4.78, 5) is 2.66. The van der Waals surface area contributed by atoms with E-state index < -0.39 is 0 Å². The van der Waals surface area contributed by atoms with Gasteiger partial charge < -0.3 is 10.2 Å². The lowest BCUT2D eigenvalue weighted by molar-refractivity contribution is 0.151. The first-order valence-corrected chi connectivity index (χ1v) is 8.25. The second-order valence-electron chi connectivity index (χ2n) is 6.53.